The van der Waals surface area contributed by atoms with Crippen molar-refractivity contribution in [1.29, 1.82) is 0 Å². The van der Waals surface area contributed by atoms with Gasteiger partial charge >= 0.3 is 0 Å². The average Bonchev–Trinajstić information content (AvgIpc) is 2.83. The summed E-state index contributed by atoms with van der Waals surface area (Å²) in [4.78, 5) is 6.76. The zero-order valence-corrected chi connectivity index (χ0v) is 11.2. The SMILES string of the molecule is CC(c1nc(CCl)cs1)N1CCC(C)(O)C1. The summed E-state index contributed by atoms with van der Waals surface area (Å²) in [5.41, 5.74) is 0.403. The van der Waals surface area contributed by atoms with Crippen LogP contribution in [0, 0.1) is 0 Å². The normalized spacial score (nSPS) is 28.5. The van der Waals surface area contributed by atoms with Crippen molar-refractivity contribution < 1.29 is 5.11 Å². The second-order valence-corrected chi connectivity index (χ2v) is 5.86. The van der Waals surface area contributed by atoms with E-state index in [0.717, 1.165) is 30.2 Å². The van der Waals surface area contributed by atoms with Crippen molar-refractivity contribution in [3.05, 3.63) is 16.1 Å². The van der Waals surface area contributed by atoms with Crippen LogP contribution >= 0.6 is 22.9 Å². The Morgan fingerprint density at radius 3 is 3.00 bits per heavy atom. The predicted octanol–water partition coefficient (Wildman–Crippen LogP) is 2.40. The van der Waals surface area contributed by atoms with E-state index < -0.39 is 5.60 Å². The van der Waals surface area contributed by atoms with Crippen molar-refractivity contribution in [2.75, 3.05) is 13.1 Å². The Morgan fingerprint density at radius 1 is 1.75 bits per heavy atom. The molecule has 1 N–H and O–H groups in total. The van der Waals surface area contributed by atoms with Gasteiger partial charge in [-0.1, -0.05) is 0 Å². The number of likely N-dealkylation sites (tertiary alicyclic amines) is 1. The maximum Gasteiger partial charge on any atom is 0.110 e. The van der Waals surface area contributed by atoms with Gasteiger partial charge in [0, 0.05) is 18.5 Å². The molecule has 2 unspecified atom stereocenters. The lowest BCUT2D eigenvalue weighted by Gasteiger charge is -2.23. The predicted molar refractivity (Wildman–Crippen MR) is 66.9 cm³/mol. The van der Waals surface area contributed by atoms with E-state index in [1.54, 1.807) is 11.3 Å². The van der Waals surface area contributed by atoms with Gasteiger partial charge in [0.25, 0.3) is 0 Å². The van der Waals surface area contributed by atoms with E-state index in [9.17, 15) is 5.11 Å². The number of aliphatic hydroxyl groups is 1. The van der Waals surface area contributed by atoms with Gasteiger partial charge in [-0.15, -0.1) is 22.9 Å². The number of hydrogen-bond donors (Lipinski definition) is 1. The zero-order chi connectivity index (χ0) is 11.8. The van der Waals surface area contributed by atoms with Gasteiger partial charge in [-0.05, 0) is 20.3 Å². The summed E-state index contributed by atoms with van der Waals surface area (Å²) in [6.07, 6.45) is 0.838. The molecule has 1 aromatic rings. The molecular formula is C11H17ClN2OS. The average molecular weight is 261 g/mol. The third-order valence-corrected chi connectivity index (χ3v) is 4.43. The highest BCUT2D eigenvalue weighted by Gasteiger charge is 2.34. The summed E-state index contributed by atoms with van der Waals surface area (Å²) in [5, 5.41) is 13.0. The first-order valence-corrected chi connectivity index (χ1v) is 6.90. The molecule has 2 atom stereocenters. The molecule has 1 aliphatic heterocycles. The molecule has 0 saturated carbocycles. The Labute approximate surface area is 105 Å². The van der Waals surface area contributed by atoms with E-state index in [1.165, 1.54) is 0 Å². The lowest BCUT2D eigenvalue weighted by molar-refractivity contribution is 0.0633. The fraction of sp³-hybridized carbons (Fsp3) is 0.727. The van der Waals surface area contributed by atoms with Crippen LogP contribution in [-0.2, 0) is 5.88 Å². The molecular weight excluding hydrogens is 244 g/mol. The van der Waals surface area contributed by atoms with Crippen LogP contribution < -0.4 is 0 Å². The van der Waals surface area contributed by atoms with Crippen LogP contribution in [0.4, 0.5) is 0 Å². The maximum absolute atomic E-state index is 9.93. The van der Waals surface area contributed by atoms with Crippen molar-refractivity contribution in [3.63, 3.8) is 0 Å². The van der Waals surface area contributed by atoms with Gasteiger partial charge < -0.3 is 5.11 Å². The Morgan fingerprint density at radius 2 is 2.50 bits per heavy atom. The Balaban J connectivity index is 2.05. The molecule has 0 aliphatic carbocycles. The summed E-state index contributed by atoms with van der Waals surface area (Å²) in [5.74, 6) is 0.473. The molecule has 0 bridgehead atoms. The van der Waals surface area contributed by atoms with E-state index in [4.69, 9.17) is 11.6 Å². The topological polar surface area (TPSA) is 36.4 Å². The molecule has 0 spiro atoms. The molecule has 1 fully saturated rings. The molecule has 3 nitrogen and oxygen atoms in total. The standard InChI is InChI=1S/C11H17ClN2OS/c1-8(10-13-9(5-12)6-16-10)14-4-3-11(2,15)7-14/h6,8,15H,3-5,7H2,1-2H3. The Bertz CT molecular complexity index is 367. The van der Waals surface area contributed by atoms with Crippen LogP contribution in [0.15, 0.2) is 5.38 Å². The van der Waals surface area contributed by atoms with E-state index in [1.807, 2.05) is 12.3 Å². The van der Waals surface area contributed by atoms with Crippen molar-refractivity contribution in [2.24, 2.45) is 0 Å². The summed E-state index contributed by atoms with van der Waals surface area (Å²) in [6.45, 7) is 5.69. The lowest BCUT2D eigenvalue weighted by atomic mass is 10.1. The fourth-order valence-electron chi connectivity index (χ4n) is 2.04. The first-order valence-electron chi connectivity index (χ1n) is 5.48. The third kappa shape index (κ3) is 2.56. The summed E-state index contributed by atoms with van der Waals surface area (Å²) in [6, 6.07) is 0.274. The molecule has 5 heteroatoms. The van der Waals surface area contributed by atoms with Crippen LogP contribution in [0.3, 0.4) is 0 Å². The van der Waals surface area contributed by atoms with Crippen LogP contribution in [0.5, 0.6) is 0 Å². The van der Waals surface area contributed by atoms with Crippen LogP contribution in [-0.4, -0.2) is 33.7 Å². The van der Waals surface area contributed by atoms with Crippen molar-refractivity contribution in [3.8, 4) is 0 Å². The minimum absolute atomic E-state index is 0.274. The molecule has 1 saturated heterocycles. The summed E-state index contributed by atoms with van der Waals surface area (Å²) < 4.78 is 0. The van der Waals surface area contributed by atoms with E-state index in [2.05, 4.69) is 16.8 Å². The fourth-order valence-corrected chi connectivity index (χ4v) is 3.18. The van der Waals surface area contributed by atoms with Crippen LogP contribution in [0.25, 0.3) is 0 Å². The number of alkyl halides is 1. The van der Waals surface area contributed by atoms with Gasteiger partial charge in [0.1, 0.15) is 5.01 Å². The number of aromatic nitrogens is 1. The maximum atomic E-state index is 9.93. The van der Waals surface area contributed by atoms with Gasteiger partial charge in [-0.2, -0.15) is 0 Å². The van der Waals surface area contributed by atoms with E-state index in [-0.39, 0.29) is 6.04 Å². The number of β-amino-alcohol motifs (C(OH)–C–C–N with tert-alkyl or cyclic N) is 1. The van der Waals surface area contributed by atoms with Crippen molar-refractivity contribution >= 4 is 22.9 Å². The Hall–Kier alpha value is -0.160. The molecule has 16 heavy (non-hydrogen) atoms. The minimum Gasteiger partial charge on any atom is -0.389 e. The van der Waals surface area contributed by atoms with E-state index >= 15 is 0 Å². The number of rotatable bonds is 3. The quantitative estimate of drug-likeness (QED) is 0.848. The molecule has 2 heterocycles. The number of hydrogen-bond acceptors (Lipinski definition) is 4. The smallest absolute Gasteiger partial charge is 0.110 e. The summed E-state index contributed by atoms with van der Waals surface area (Å²) in [7, 11) is 0. The van der Waals surface area contributed by atoms with Gasteiger partial charge in [0.2, 0.25) is 0 Å². The Kier molecular flexibility index (Phi) is 3.54. The molecule has 0 amide bonds. The third-order valence-electron chi connectivity index (χ3n) is 3.09. The first kappa shape index (κ1) is 12.3. The van der Waals surface area contributed by atoms with E-state index in [0.29, 0.717) is 5.88 Å². The van der Waals surface area contributed by atoms with Crippen LogP contribution in [0.1, 0.15) is 37.0 Å². The van der Waals surface area contributed by atoms with Crippen molar-refractivity contribution in [1.82, 2.24) is 9.88 Å². The molecule has 1 aromatic heterocycles. The lowest BCUT2D eigenvalue weighted by Crippen LogP contribution is -2.31. The monoisotopic (exact) mass is 260 g/mol. The molecule has 0 radical (unpaired) electrons. The van der Waals surface area contributed by atoms with Gasteiger partial charge in [0.05, 0.1) is 23.2 Å². The number of thiazole rings is 1. The zero-order valence-electron chi connectivity index (χ0n) is 9.61. The van der Waals surface area contributed by atoms with Crippen molar-refractivity contribution in [2.45, 2.75) is 37.8 Å². The number of halogens is 1. The van der Waals surface area contributed by atoms with Gasteiger partial charge in [-0.25, -0.2) is 4.98 Å². The molecule has 0 aromatic carbocycles. The largest absolute Gasteiger partial charge is 0.389 e. The highest BCUT2D eigenvalue weighted by atomic mass is 35.5. The minimum atomic E-state index is -0.541. The molecule has 1 aliphatic rings. The second kappa shape index (κ2) is 4.61. The second-order valence-electron chi connectivity index (χ2n) is 4.70. The number of nitrogens with zero attached hydrogens (tertiary/aromatic N) is 2. The van der Waals surface area contributed by atoms with Gasteiger partial charge in [-0.3, -0.25) is 4.90 Å². The highest BCUT2D eigenvalue weighted by Crippen LogP contribution is 2.30. The molecule has 90 valence electrons. The molecule has 2 rings (SSSR count). The summed E-state index contributed by atoms with van der Waals surface area (Å²) >= 11 is 7.39. The first-order chi connectivity index (χ1) is 7.52. The van der Waals surface area contributed by atoms with Crippen LogP contribution in [0.2, 0.25) is 0 Å². The van der Waals surface area contributed by atoms with Gasteiger partial charge in [0.15, 0.2) is 0 Å². The highest BCUT2D eigenvalue weighted by molar-refractivity contribution is 7.09.